The molecule has 20 heavy (non-hydrogen) atoms. The molecule has 0 saturated carbocycles. The molecule has 0 amide bonds. The number of halogens is 1. The van der Waals surface area contributed by atoms with Crippen molar-refractivity contribution < 1.29 is 8.91 Å². The highest BCUT2D eigenvalue weighted by molar-refractivity contribution is 5.54. The van der Waals surface area contributed by atoms with Gasteiger partial charge in [0.1, 0.15) is 11.9 Å². The molecule has 5 heteroatoms. The molecule has 0 spiro atoms. The monoisotopic (exact) mass is 269 g/mol. The second-order valence-corrected chi connectivity index (χ2v) is 4.32. The van der Waals surface area contributed by atoms with Gasteiger partial charge in [0.25, 0.3) is 0 Å². The smallest absolute Gasteiger partial charge is 0.248 e. The number of benzene rings is 2. The quantitative estimate of drug-likeness (QED) is 0.794. The normalized spacial score (nSPS) is 12.3. The highest BCUT2D eigenvalue weighted by atomic mass is 19.1. The van der Waals surface area contributed by atoms with Crippen LogP contribution < -0.4 is 5.73 Å². The fourth-order valence-electron chi connectivity index (χ4n) is 1.92. The van der Waals surface area contributed by atoms with Gasteiger partial charge in [-0.3, -0.25) is 0 Å². The third-order valence-electron chi connectivity index (χ3n) is 2.98. The van der Waals surface area contributed by atoms with Crippen molar-refractivity contribution in [3.05, 3.63) is 71.9 Å². The Bertz CT molecular complexity index is 712. The molecule has 0 unspecified atom stereocenters. The Hall–Kier alpha value is -2.53. The van der Waals surface area contributed by atoms with Gasteiger partial charge in [0.2, 0.25) is 11.7 Å². The van der Waals surface area contributed by atoms with Crippen LogP contribution in [0.15, 0.2) is 59.1 Å². The number of rotatable bonds is 3. The molecule has 0 aliphatic rings. The Morgan fingerprint density at radius 2 is 1.70 bits per heavy atom. The van der Waals surface area contributed by atoms with Crippen molar-refractivity contribution in [1.82, 2.24) is 10.1 Å². The van der Waals surface area contributed by atoms with Gasteiger partial charge >= 0.3 is 0 Å². The molecular formula is C15H12FN3O. The minimum absolute atomic E-state index is 0.199. The van der Waals surface area contributed by atoms with E-state index in [0.717, 1.165) is 5.56 Å². The van der Waals surface area contributed by atoms with E-state index in [1.54, 1.807) is 18.2 Å². The van der Waals surface area contributed by atoms with Gasteiger partial charge < -0.3 is 10.3 Å². The van der Waals surface area contributed by atoms with E-state index in [1.807, 2.05) is 30.3 Å². The summed E-state index contributed by atoms with van der Waals surface area (Å²) in [4.78, 5) is 4.17. The predicted molar refractivity (Wildman–Crippen MR) is 72.2 cm³/mol. The maximum atomic E-state index is 13.7. The van der Waals surface area contributed by atoms with E-state index in [0.29, 0.717) is 5.56 Å². The van der Waals surface area contributed by atoms with Crippen LogP contribution in [-0.4, -0.2) is 10.1 Å². The van der Waals surface area contributed by atoms with E-state index in [2.05, 4.69) is 10.1 Å². The summed E-state index contributed by atoms with van der Waals surface area (Å²) in [6.45, 7) is 0. The molecule has 1 aromatic heterocycles. The zero-order chi connectivity index (χ0) is 13.9. The summed E-state index contributed by atoms with van der Waals surface area (Å²) in [6.07, 6.45) is 0. The second-order valence-electron chi connectivity index (χ2n) is 4.32. The van der Waals surface area contributed by atoms with Crippen LogP contribution in [0, 0.1) is 5.82 Å². The van der Waals surface area contributed by atoms with Crippen molar-refractivity contribution in [3.63, 3.8) is 0 Å². The van der Waals surface area contributed by atoms with Crippen LogP contribution in [0.2, 0.25) is 0 Å². The van der Waals surface area contributed by atoms with Crippen molar-refractivity contribution >= 4 is 0 Å². The van der Waals surface area contributed by atoms with E-state index < -0.39 is 11.9 Å². The molecule has 3 aromatic rings. The minimum atomic E-state index is -0.524. The molecular weight excluding hydrogens is 257 g/mol. The molecule has 0 aliphatic carbocycles. The van der Waals surface area contributed by atoms with Gasteiger partial charge in [-0.15, -0.1) is 0 Å². The van der Waals surface area contributed by atoms with Crippen LogP contribution >= 0.6 is 0 Å². The number of nitrogens with zero attached hydrogens (tertiary/aromatic N) is 2. The summed E-state index contributed by atoms with van der Waals surface area (Å²) in [6, 6.07) is 15.1. The summed E-state index contributed by atoms with van der Waals surface area (Å²) in [7, 11) is 0. The lowest BCUT2D eigenvalue weighted by Crippen LogP contribution is -2.12. The Kier molecular flexibility index (Phi) is 3.26. The van der Waals surface area contributed by atoms with Gasteiger partial charge in [-0.2, -0.15) is 4.98 Å². The van der Waals surface area contributed by atoms with Crippen LogP contribution in [0.3, 0.4) is 0 Å². The van der Waals surface area contributed by atoms with Crippen LogP contribution in [0.25, 0.3) is 11.4 Å². The third kappa shape index (κ3) is 2.31. The van der Waals surface area contributed by atoms with E-state index in [-0.39, 0.29) is 11.7 Å². The first kappa shape index (κ1) is 12.5. The molecule has 4 nitrogen and oxygen atoms in total. The first-order valence-corrected chi connectivity index (χ1v) is 6.15. The Morgan fingerprint density at radius 3 is 2.45 bits per heavy atom. The van der Waals surface area contributed by atoms with E-state index in [9.17, 15) is 4.39 Å². The average Bonchev–Trinajstić information content (AvgIpc) is 2.97. The molecule has 1 atom stereocenters. The number of hydrogen-bond acceptors (Lipinski definition) is 4. The number of aromatic nitrogens is 2. The van der Waals surface area contributed by atoms with E-state index >= 15 is 0 Å². The zero-order valence-electron chi connectivity index (χ0n) is 10.5. The predicted octanol–water partition coefficient (Wildman–Crippen LogP) is 2.92. The zero-order valence-corrected chi connectivity index (χ0v) is 10.5. The maximum absolute atomic E-state index is 13.7. The molecule has 3 rings (SSSR count). The Labute approximate surface area is 115 Å². The Balaban J connectivity index is 1.93. The van der Waals surface area contributed by atoms with Crippen LogP contribution in [0.5, 0.6) is 0 Å². The topological polar surface area (TPSA) is 64.9 Å². The molecule has 0 saturated heterocycles. The lowest BCUT2D eigenvalue weighted by molar-refractivity contribution is 0.367. The van der Waals surface area contributed by atoms with Gasteiger partial charge in [0.05, 0.1) is 5.56 Å². The van der Waals surface area contributed by atoms with Crippen molar-refractivity contribution in [3.8, 4) is 11.4 Å². The molecule has 0 fully saturated rings. The lowest BCUT2D eigenvalue weighted by atomic mass is 10.1. The summed E-state index contributed by atoms with van der Waals surface area (Å²) in [5.74, 6) is 0.0621. The highest BCUT2D eigenvalue weighted by Gasteiger charge is 2.18. The van der Waals surface area contributed by atoms with Gasteiger partial charge in [0.15, 0.2) is 0 Å². The van der Waals surface area contributed by atoms with Crippen LogP contribution in [0.4, 0.5) is 4.39 Å². The summed E-state index contributed by atoms with van der Waals surface area (Å²) in [5, 5.41) is 3.79. The largest absolute Gasteiger partial charge is 0.337 e. The van der Waals surface area contributed by atoms with Crippen molar-refractivity contribution in [2.75, 3.05) is 0 Å². The molecule has 0 aliphatic heterocycles. The molecule has 100 valence electrons. The fourth-order valence-corrected chi connectivity index (χ4v) is 1.92. The molecule has 2 aromatic carbocycles. The summed E-state index contributed by atoms with van der Waals surface area (Å²) >= 11 is 0. The first-order chi connectivity index (χ1) is 9.75. The third-order valence-corrected chi connectivity index (χ3v) is 2.98. The second kappa shape index (κ2) is 5.22. The first-order valence-electron chi connectivity index (χ1n) is 6.15. The minimum Gasteiger partial charge on any atom is -0.337 e. The number of nitrogens with two attached hydrogens (primary N) is 1. The maximum Gasteiger partial charge on any atom is 0.248 e. The number of hydrogen-bond donors (Lipinski definition) is 1. The lowest BCUT2D eigenvalue weighted by Gasteiger charge is -2.05. The molecule has 2 N–H and O–H groups in total. The molecule has 0 radical (unpaired) electrons. The van der Waals surface area contributed by atoms with Crippen LogP contribution in [-0.2, 0) is 0 Å². The molecule has 1 heterocycles. The fraction of sp³-hybridized carbons (Fsp3) is 0.0667. The van der Waals surface area contributed by atoms with E-state index in [4.69, 9.17) is 10.3 Å². The molecule has 0 bridgehead atoms. The van der Waals surface area contributed by atoms with Crippen LogP contribution in [0.1, 0.15) is 17.5 Å². The Morgan fingerprint density at radius 1 is 1.00 bits per heavy atom. The average molecular weight is 269 g/mol. The highest BCUT2D eigenvalue weighted by Crippen LogP contribution is 2.23. The van der Waals surface area contributed by atoms with Gasteiger partial charge in [-0.25, -0.2) is 4.39 Å². The van der Waals surface area contributed by atoms with Crippen molar-refractivity contribution in [1.29, 1.82) is 0 Å². The SMILES string of the molecule is N[C@H](c1ccccc1)c1nc(-c2ccccc2F)no1. The van der Waals surface area contributed by atoms with Gasteiger partial charge in [0, 0.05) is 0 Å². The van der Waals surface area contributed by atoms with Crippen molar-refractivity contribution in [2.45, 2.75) is 6.04 Å². The van der Waals surface area contributed by atoms with E-state index in [1.165, 1.54) is 6.07 Å². The van der Waals surface area contributed by atoms with Gasteiger partial charge in [-0.05, 0) is 17.7 Å². The summed E-state index contributed by atoms with van der Waals surface area (Å²) < 4.78 is 18.8. The van der Waals surface area contributed by atoms with Gasteiger partial charge in [-0.1, -0.05) is 47.6 Å². The standard InChI is InChI=1S/C15H12FN3O/c16-12-9-5-4-8-11(12)14-18-15(20-19-14)13(17)10-6-2-1-3-7-10/h1-9,13H,17H2/t13-/m1/s1. The van der Waals surface area contributed by atoms with Crippen molar-refractivity contribution in [2.24, 2.45) is 5.73 Å². The summed E-state index contributed by atoms with van der Waals surface area (Å²) in [5.41, 5.74) is 7.21.